The lowest BCUT2D eigenvalue weighted by atomic mass is 10.1. The Morgan fingerprint density at radius 2 is 2.12 bits per heavy atom. The number of carbonyl (C=O) groups excluding carboxylic acids is 1. The zero-order chi connectivity index (χ0) is 12.2. The van der Waals surface area contributed by atoms with Crippen LogP contribution in [0, 0.1) is 19.7 Å². The summed E-state index contributed by atoms with van der Waals surface area (Å²) in [7, 11) is 0. The molecule has 88 valence electrons. The summed E-state index contributed by atoms with van der Waals surface area (Å²) in [4.78, 5) is 11.8. The van der Waals surface area contributed by atoms with Crippen LogP contribution in [0.3, 0.4) is 0 Å². The maximum atomic E-state index is 13.4. The summed E-state index contributed by atoms with van der Waals surface area (Å²) in [5.41, 5.74) is 3.39. The Kier molecular flexibility index (Phi) is 2.02. The summed E-state index contributed by atoms with van der Waals surface area (Å²) in [6.45, 7) is 5.13. The van der Waals surface area contributed by atoms with Gasteiger partial charge in [-0.3, -0.25) is 4.79 Å². The van der Waals surface area contributed by atoms with E-state index in [0.29, 0.717) is 12.2 Å². The van der Waals surface area contributed by atoms with Crippen molar-refractivity contribution < 1.29 is 9.18 Å². The first-order valence-electron chi connectivity index (χ1n) is 5.66. The summed E-state index contributed by atoms with van der Waals surface area (Å²) in [5, 5.41) is 3.66. The third kappa shape index (κ3) is 1.30. The highest BCUT2D eigenvalue weighted by molar-refractivity contribution is 6.03. The average molecular weight is 232 g/mol. The minimum Gasteiger partial charge on any atom is -0.349 e. The fraction of sp³-hybridized carbons (Fsp3) is 0.308. The van der Waals surface area contributed by atoms with Gasteiger partial charge in [-0.15, -0.1) is 0 Å². The highest BCUT2D eigenvalue weighted by atomic mass is 19.1. The quantitative estimate of drug-likeness (QED) is 0.742. The lowest BCUT2D eigenvalue weighted by Gasteiger charge is -2.17. The van der Waals surface area contributed by atoms with Crippen molar-refractivity contribution in [1.82, 2.24) is 9.88 Å². The number of aromatic nitrogens is 1. The third-order valence-electron chi connectivity index (χ3n) is 3.40. The Morgan fingerprint density at radius 3 is 2.88 bits per heavy atom. The molecular formula is C13H13FN2O. The van der Waals surface area contributed by atoms with Gasteiger partial charge >= 0.3 is 0 Å². The molecule has 0 saturated carbocycles. The topological polar surface area (TPSA) is 34.0 Å². The molecule has 0 fully saturated rings. The maximum Gasteiger partial charge on any atom is 0.268 e. The van der Waals surface area contributed by atoms with Crippen LogP contribution in [0.25, 0.3) is 10.9 Å². The van der Waals surface area contributed by atoms with Crippen molar-refractivity contribution in [3.8, 4) is 0 Å². The van der Waals surface area contributed by atoms with E-state index in [0.717, 1.165) is 28.6 Å². The van der Waals surface area contributed by atoms with E-state index in [1.807, 2.05) is 18.4 Å². The Labute approximate surface area is 98.2 Å². The van der Waals surface area contributed by atoms with E-state index >= 15 is 0 Å². The van der Waals surface area contributed by atoms with E-state index in [1.54, 1.807) is 0 Å². The predicted molar refractivity (Wildman–Crippen MR) is 63.7 cm³/mol. The summed E-state index contributed by atoms with van der Waals surface area (Å²) < 4.78 is 15.4. The lowest BCUT2D eigenvalue weighted by Crippen LogP contribution is -2.35. The van der Waals surface area contributed by atoms with Gasteiger partial charge in [-0.05, 0) is 37.1 Å². The highest BCUT2D eigenvalue weighted by Crippen LogP contribution is 2.30. The van der Waals surface area contributed by atoms with Crippen LogP contribution in [-0.2, 0) is 6.54 Å². The van der Waals surface area contributed by atoms with Gasteiger partial charge in [-0.2, -0.15) is 0 Å². The minimum atomic E-state index is -0.249. The van der Waals surface area contributed by atoms with Crippen molar-refractivity contribution in [2.24, 2.45) is 0 Å². The smallest absolute Gasteiger partial charge is 0.268 e. The van der Waals surface area contributed by atoms with Crippen LogP contribution in [-0.4, -0.2) is 17.0 Å². The molecule has 1 aliphatic rings. The highest BCUT2D eigenvalue weighted by Gasteiger charge is 2.24. The van der Waals surface area contributed by atoms with Crippen molar-refractivity contribution >= 4 is 16.8 Å². The number of hydrogen-bond donors (Lipinski definition) is 1. The first kappa shape index (κ1) is 10.3. The monoisotopic (exact) mass is 232 g/mol. The fourth-order valence-corrected chi connectivity index (χ4v) is 2.70. The molecular weight excluding hydrogens is 219 g/mol. The number of rotatable bonds is 0. The molecule has 1 aromatic heterocycles. The maximum absolute atomic E-state index is 13.4. The van der Waals surface area contributed by atoms with E-state index < -0.39 is 0 Å². The number of nitrogens with one attached hydrogen (secondary N) is 1. The van der Waals surface area contributed by atoms with Crippen LogP contribution < -0.4 is 5.32 Å². The molecule has 2 aromatic rings. The fourth-order valence-electron chi connectivity index (χ4n) is 2.70. The second kappa shape index (κ2) is 3.32. The first-order chi connectivity index (χ1) is 8.09. The van der Waals surface area contributed by atoms with Gasteiger partial charge in [0, 0.05) is 18.5 Å². The average Bonchev–Trinajstić information content (AvgIpc) is 2.54. The van der Waals surface area contributed by atoms with Crippen LogP contribution in [0.2, 0.25) is 0 Å². The molecule has 2 heterocycles. The Hall–Kier alpha value is -1.84. The van der Waals surface area contributed by atoms with Crippen molar-refractivity contribution in [2.75, 3.05) is 6.54 Å². The van der Waals surface area contributed by atoms with E-state index in [4.69, 9.17) is 0 Å². The number of amides is 1. The number of hydrogen-bond acceptors (Lipinski definition) is 1. The Bertz CT molecular complexity index is 643. The zero-order valence-corrected chi connectivity index (χ0v) is 9.80. The molecule has 0 saturated heterocycles. The summed E-state index contributed by atoms with van der Waals surface area (Å²) in [5.74, 6) is -0.314. The van der Waals surface area contributed by atoms with Crippen LogP contribution in [0.4, 0.5) is 4.39 Å². The minimum absolute atomic E-state index is 0.0650. The van der Waals surface area contributed by atoms with Crippen LogP contribution in [0.1, 0.15) is 21.6 Å². The second-order valence-corrected chi connectivity index (χ2v) is 4.50. The lowest BCUT2D eigenvalue weighted by molar-refractivity contribution is 0.0928. The molecule has 0 unspecified atom stereocenters. The Balaban J connectivity index is 2.48. The summed E-state index contributed by atoms with van der Waals surface area (Å²) >= 11 is 0. The van der Waals surface area contributed by atoms with Gasteiger partial charge in [-0.1, -0.05) is 0 Å². The number of fused-ring (bicyclic) bond motifs is 3. The molecule has 3 nitrogen and oxygen atoms in total. The Morgan fingerprint density at radius 1 is 1.35 bits per heavy atom. The van der Waals surface area contributed by atoms with Crippen molar-refractivity contribution in [3.05, 3.63) is 34.8 Å². The number of nitrogens with zero attached hydrogens (tertiary/aromatic N) is 1. The van der Waals surface area contributed by atoms with E-state index in [-0.39, 0.29) is 11.7 Å². The van der Waals surface area contributed by atoms with Crippen LogP contribution >= 0.6 is 0 Å². The van der Waals surface area contributed by atoms with Crippen molar-refractivity contribution in [1.29, 1.82) is 0 Å². The van der Waals surface area contributed by atoms with Crippen molar-refractivity contribution in [3.63, 3.8) is 0 Å². The molecule has 1 amide bonds. The molecule has 0 atom stereocenters. The zero-order valence-electron chi connectivity index (χ0n) is 9.80. The second-order valence-electron chi connectivity index (χ2n) is 4.50. The van der Waals surface area contributed by atoms with Crippen LogP contribution in [0.15, 0.2) is 12.1 Å². The summed E-state index contributed by atoms with van der Waals surface area (Å²) in [6.07, 6.45) is 0. The van der Waals surface area contributed by atoms with Crippen molar-refractivity contribution in [2.45, 2.75) is 20.4 Å². The molecule has 0 bridgehead atoms. The molecule has 0 radical (unpaired) electrons. The standard InChI is InChI=1S/C13H13FN2O/c1-7-5-9(14)6-10-8(2)12-13(17)15-3-4-16(12)11(7)10/h5-6H,3-4H2,1-2H3,(H,15,17). The summed E-state index contributed by atoms with van der Waals surface area (Å²) in [6, 6.07) is 3.03. The van der Waals surface area contributed by atoms with Gasteiger partial charge in [-0.25, -0.2) is 4.39 Å². The molecule has 1 aromatic carbocycles. The third-order valence-corrected chi connectivity index (χ3v) is 3.40. The van der Waals surface area contributed by atoms with Gasteiger partial charge in [0.2, 0.25) is 0 Å². The first-order valence-corrected chi connectivity index (χ1v) is 5.66. The van der Waals surface area contributed by atoms with Gasteiger partial charge in [0.1, 0.15) is 11.5 Å². The van der Waals surface area contributed by atoms with Gasteiger partial charge in [0.25, 0.3) is 5.91 Å². The molecule has 0 spiro atoms. The van der Waals surface area contributed by atoms with Gasteiger partial charge in [0.05, 0.1) is 5.52 Å². The number of benzene rings is 1. The van der Waals surface area contributed by atoms with Gasteiger partial charge < -0.3 is 9.88 Å². The number of carbonyl (C=O) groups is 1. The van der Waals surface area contributed by atoms with E-state index in [9.17, 15) is 9.18 Å². The largest absolute Gasteiger partial charge is 0.349 e. The predicted octanol–water partition coefficient (Wildman–Crippen LogP) is 2.14. The molecule has 1 aliphatic heterocycles. The van der Waals surface area contributed by atoms with Crippen LogP contribution in [0.5, 0.6) is 0 Å². The normalized spacial score (nSPS) is 14.9. The molecule has 1 N–H and O–H groups in total. The molecule has 0 aliphatic carbocycles. The molecule has 3 rings (SSSR count). The van der Waals surface area contributed by atoms with E-state index in [2.05, 4.69) is 5.32 Å². The van der Waals surface area contributed by atoms with Gasteiger partial charge in [0.15, 0.2) is 0 Å². The number of halogens is 1. The SMILES string of the molecule is Cc1c2n(c3c(C)cc(F)cc13)CCNC2=O. The molecule has 4 heteroatoms. The van der Waals surface area contributed by atoms with E-state index in [1.165, 1.54) is 12.1 Å². The molecule has 17 heavy (non-hydrogen) atoms. The number of aryl methyl sites for hydroxylation is 2.